The van der Waals surface area contributed by atoms with Crippen LogP contribution >= 0.6 is 0 Å². The minimum atomic E-state index is 0.820. The lowest BCUT2D eigenvalue weighted by Crippen LogP contribution is -2.17. The topological polar surface area (TPSA) is 51.0 Å². The standard InChI is InChI=1S/C15H19N3O/c1-11-9-14(19-18-11)7-8-16-10-13-6-5-12-3-2-4-15(12)17-13/h5-6,9,16H,2-4,7-8,10H2,1H3. The Balaban J connectivity index is 1.47. The van der Waals surface area contributed by atoms with E-state index in [1.807, 2.05) is 13.0 Å². The summed E-state index contributed by atoms with van der Waals surface area (Å²) in [6.45, 7) is 3.64. The smallest absolute Gasteiger partial charge is 0.138 e. The van der Waals surface area contributed by atoms with Crippen LogP contribution in [0.2, 0.25) is 0 Å². The molecule has 0 radical (unpaired) electrons. The molecule has 2 aromatic heterocycles. The predicted octanol–water partition coefficient (Wildman–Crippen LogP) is 2.20. The van der Waals surface area contributed by atoms with Crippen LogP contribution in [0.4, 0.5) is 0 Å². The molecule has 1 aliphatic rings. The highest BCUT2D eigenvalue weighted by molar-refractivity contribution is 5.27. The van der Waals surface area contributed by atoms with Crippen LogP contribution in [-0.4, -0.2) is 16.7 Å². The molecule has 0 saturated heterocycles. The number of aromatic nitrogens is 2. The van der Waals surface area contributed by atoms with Gasteiger partial charge < -0.3 is 9.84 Å². The molecule has 0 spiro atoms. The fourth-order valence-corrected chi connectivity index (χ4v) is 2.53. The van der Waals surface area contributed by atoms with Gasteiger partial charge >= 0.3 is 0 Å². The van der Waals surface area contributed by atoms with Crippen LogP contribution < -0.4 is 5.32 Å². The van der Waals surface area contributed by atoms with Gasteiger partial charge in [-0.25, -0.2) is 0 Å². The number of pyridine rings is 1. The second-order valence-corrected chi connectivity index (χ2v) is 5.12. The normalized spacial score (nSPS) is 13.7. The lowest BCUT2D eigenvalue weighted by molar-refractivity contribution is 0.377. The quantitative estimate of drug-likeness (QED) is 0.834. The van der Waals surface area contributed by atoms with E-state index in [9.17, 15) is 0 Å². The van der Waals surface area contributed by atoms with Crippen LogP contribution in [-0.2, 0) is 25.8 Å². The van der Waals surface area contributed by atoms with Gasteiger partial charge in [-0.15, -0.1) is 0 Å². The summed E-state index contributed by atoms with van der Waals surface area (Å²) < 4.78 is 5.17. The molecule has 100 valence electrons. The zero-order valence-electron chi connectivity index (χ0n) is 11.3. The number of fused-ring (bicyclic) bond motifs is 1. The average molecular weight is 257 g/mol. The van der Waals surface area contributed by atoms with E-state index in [2.05, 4.69) is 22.6 Å². The molecular formula is C15H19N3O. The van der Waals surface area contributed by atoms with Crippen LogP contribution in [0.3, 0.4) is 0 Å². The van der Waals surface area contributed by atoms with Crippen molar-refractivity contribution in [3.05, 3.63) is 46.6 Å². The summed E-state index contributed by atoms with van der Waals surface area (Å²) in [6.07, 6.45) is 4.46. The summed E-state index contributed by atoms with van der Waals surface area (Å²) in [4.78, 5) is 4.70. The van der Waals surface area contributed by atoms with Crippen LogP contribution in [0.15, 0.2) is 22.7 Å². The van der Waals surface area contributed by atoms with E-state index in [1.165, 1.54) is 24.1 Å². The van der Waals surface area contributed by atoms with Crippen molar-refractivity contribution in [3.63, 3.8) is 0 Å². The highest BCUT2D eigenvalue weighted by Gasteiger charge is 2.12. The third-order valence-corrected chi connectivity index (χ3v) is 3.52. The van der Waals surface area contributed by atoms with Gasteiger partial charge in [0.05, 0.1) is 11.4 Å². The zero-order chi connectivity index (χ0) is 13.1. The third kappa shape index (κ3) is 3.01. The van der Waals surface area contributed by atoms with Gasteiger partial charge in [0.1, 0.15) is 5.76 Å². The summed E-state index contributed by atoms with van der Waals surface area (Å²) in [7, 11) is 0. The fourth-order valence-electron chi connectivity index (χ4n) is 2.53. The number of hydrogen-bond donors (Lipinski definition) is 1. The number of rotatable bonds is 5. The van der Waals surface area contributed by atoms with Gasteiger partial charge in [-0.05, 0) is 37.8 Å². The Labute approximate surface area is 113 Å². The largest absolute Gasteiger partial charge is 0.361 e. The Morgan fingerprint density at radius 3 is 3.11 bits per heavy atom. The molecule has 1 N–H and O–H groups in total. The number of nitrogens with one attached hydrogen (secondary N) is 1. The van der Waals surface area contributed by atoms with Crippen molar-refractivity contribution in [3.8, 4) is 0 Å². The van der Waals surface area contributed by atoms with Gasteiger partial charge in [0.25, 0.3) is 0 Å². The molecule has 0 aliphatic heterocycles. The molecule has 0 unspecified atom stereocenters. The Bertz CT molecular complexity index is 562. The molecule has 0 atom stereocenters. The first-order valence-corrected chi connectivity index (χ1v) is 6.92. The molecule has 0 fully saturated rings. The van der Waals surface area contributed by atoms with Crippen molar-refractivity contribution in [2.45, 2.75) is 39.2 Å². The summed E-state index contributed by atoms with van der Waals surface area (Å²) in [5.41, 5.74) is 4.80. The van der Waals surface area contributed by atoms with Crippen molar-refractivity contribution in [1.82, 2.24) is 15.5 Å². The maximum atomic E-state index is 5.17. The van der Waals surface area contributed by atoms with Crippen LogP contribution in [0.5, 0.6) is 0 Å². The minimum Gasteiger partial charge on any atom is -0.361 e. The lowest BCUT2D eigenvalue weighted by atomic mass is 10.2. The van der Waals surface area contributed by atoms with Gasteiger partial charge in [0.2, 0.25) is 0 Å². The SMILES string of the molecule is Cc1cc(CCNCc2ccc3c(n2)CCC3)on1. The molecule has 4 nitrogen and oxygen atoms in total. The minimum absolute atomic E-state index is 0.820. The van der Waals surface area contributed by atoms with E-state index in [4.69, 9.17) is 9.51 Å². The van der Waals surface area contributed by atoms with E-state index in [1.54, 1.807) is 0 Å². The Kier molecular flexibility index (Phi) is 3.60. The second-order valence-electron chi connectivity index (χ2n) is 5.12. The van der Waals surface area contributed by atoms with Crippen molar-refractivity contribution < 1.29 is 4.52 Å². The van der Waals surface area contributed by atoms with E-state index in [0.717, 1.165) is 43.1 Å². The predicted molar refractivity (Wildman–Crippen MR) is 72.9 cm³/mol. The van der Waals surface area contributed by atoms with Crippen LogP contribution in [0.1, 0.15) is 34.8 Å². The Morgan fingerprint density at radius 2 is 2.26 bits per heavy atom. The number of nitrogens with zero attached hydrogens (tertiary/aromatic N) is 2. The van der Waals surface area contributed by atoms with Gasteiger partial charge in [0.15, 0.2) is 0 Å². The summed E-state index contributed by atoms with van der Waals surface area (Å²) in [5, 5.41) is 7.28. The van der Waals surface area contributed by atoms with Crippen molar-refractivity contribution in [2.24, 2.45) is 0 Å². The maximum Gasteiger partial charge on any atom is 0.138 e. The first-order chi connectivity index (χ1) is 9.31. The fraction of sp³-hybridized carbons (Fsp3) is 0.467. The monoisotopic (exact) mass is 257 g/mol. The zero-order valence-corrected chi connectivity index (χ0v) is 11.3. The van der Waals surface area contributed by atoms with E-state index < -0.39 is 0 Å². The molecule has 1 aliphatic carbocycles. The Morgan fingerprint density at radius 1 is 1.32 bits per heavy atom. The van der Waals surface area contributed by atoms with E-state index in [-0.39, 0.29) is 0 Å². The van der Waals surface area contributed by atoms with Crippen molar-refractivity contribution in [2.75, 3.05) is 6.54 Å². The molecule has 0 amide bonds. The number of aryl methyl sites for hydroxylation is 3. The molecule has 2 heterocycles. The molecular weight excluding hydrogens is 238 g/mol. The molecule has 2 aromatic rings. The summed E-state index contributed by atoms with van der Waals surface area (Å²) in [5.74, 6) is 0.937. The van der Waals surface area contributed by atoms with E-state index >= 15 is 0 Å². The molecule has 19 heavy (non-hydrogen) atoms. The molecule has 0 saturated carbocycles. The summed E-state index contributed by atoms with van der Waals surface area (Å²) in [6, 6.07) is 6.34. The highest BCUT2D eigenvalue weighted by Crippen LogP contribution is 2.19. The van der Waals surface area contributed by atoms with Gasteiger partial charge in [-0.3, -0.25) is 4.98 Å². The van der Waals surface area contributed by atoms with Crippen molar-refractivity contribution >= 4 is 0 Å². The highest BCUT2D eigenvalue weighted by atomic mass is 16.5. The maximum absolute atomic E-state index is 5.17. The van der Waals surface area contributed by atoms with Gasteiger partial charge in [0, 0.05) is 31.3 Å². The average Bonchev–Trinajstić information content (AvgIpc) is 3.03. The van der Waals surface area contributed by atoms with Crippen molar-refractivity contribution in [1.29, 1.82) is 0 Å². The Hall–Kier alpha value is -1.68. The first kappa shape index (κ1) is 12.4. The molecule has 3 rings (SSSR count). The van der Waals surface area contributed by atoms with Crippen LogP contribution in [0, 0.1) is 6.92 Å². The molecule has 0 aromatic carbocycles. The second kappa shape index (κ2) is 5.53. The molecule has 0 bridgehead atoms. The number of hydrogen-bond acceptors (Lipinski definition) is 4. The van der Waals surface area contributed by atoms with Crippen LogP contribution in [0.25, 0.3) is 0 Å². The molecule has 4 heteroatoms. The summed E-state index contributed by atoms with van der Waals surface area (Å²) >= 11 is 0. The lowest BCUT2D eigenvalue weighted by Gasteiger charge is -2.05. The third-order valence-electron chi connectivity index (χ3n) is 3.52. The van der Waals surface area contributed by atoms with E-state index in [0.29, 0.717) is 0 Å². The van der Waals surface area contributed by atoms with Gasteiger partial charge in [-0.1, -0.05) is 11.2 Å². The first-order valence-electron chi connectivity index (χ1n) is 6.92. The van der Waals surface area contributed by atoms with Gasteiger partial charge in [-0.2, -0.15) is 0 Å².